The molecule has 3 saturated carbocycles. The summed E-state index contributed by atoms with van der Waals surface area (Å²) in [5, 5.41) is 3.23. The lowest BCUT2D eigenvalue weighted by atomic mass is 9.47. The zero-order valence-electron chi connectivity index (χ0n) is 21.6. The standard InChI is InChI=1S/C28H36FN5O2/c1-15(23-32-21-6-5-13-30-24(21)33-23)31-25(35)19-9-8-17-16-7-10-22-28(3,14-20(29)26(36)34(22)4)18(16)11-12-27(17,19)2/h5-6,13-19,22H,7-12H2,1-4H3,(H,31,35)(H,30,32,33)/t15-,16?,17?,18?,19+,22?,27?,28?/m0/s1. The summed E-state index contributed by atoms with van der Waals surface area (Å²) in [4.78, 5) is 39.7. The Bertz CT molecular complexity index is 1220. The second-order valence-corrected chi connectivity index (χ2v) is 12.1. The summed E-state index contributed by atoms with van der Waals surface area (Å²) in [6.45, 7) is 6.43. The van der Waals surface area contributed by atoms with Crippen LogP contribution >= 0.6 is 0 Å². The zero-order valence-corrected chi connectivity index (χ0v) is 21.6. The van der Waals surface area contributed by atoms with Crippen LogP contribution in [-0.2, 0) is 9.59 Å². The van der Waals surface area contributed by atoms with E-state index in [2.05, 4.69) is 34.1 Å². The number of likely N-dealkylation sites (N-methyl/N-ethyl adjacent to an activating group) is 1. The van der Waals surface area contributed by atoms with Crippen molar-refractivity contribution in [1.29, 1.82) is 0 Å². The van der Waals surface area contributed by atoms with Gasteiger partial charge in [0.1, 0.15) is 5.82 Å². The lowest BCUT2D eigenvalue weighted by molar-refractivity contribution is -0.145. The van der Waals surface area contributed by atoms with Gasteiger partial charge in [-0.2, -0.15) is 0 Å². The summed E-state index contributed by atoms with van der Waals surface area (Å²) >= 11 is 0. The minimum Gasteiger partial charge on any atom is -0.346 e. The Morgan fingerprint density at radius 3 is 2.81 bits per heavy atom. The van der Waals surface area contributed by atoms with Crippen LogP contribution in [0.1, 0.15) is 71.2 Å². The molecule has 192 valence electrons. The van der Waals surface area contributed by atoms with Crippen LogP contribution in [0, 0.1) is 34.5 Å². The van der Waals surface area contributed by atoms with Gasteiger partial charge in [0.25, 0.3) is 5.91 Å². The maximum Gasteiger partial charge on any atom is 0.282 e. The smallest absolute Gasteiger partial charge is 0.282 e. The van der Waals surface area contributed by atoms with Crippen molar-refractivity contribution in [2.45, 2.75) is 71.4 Å². The van der Waals surface area contributed by atoms with Crippen molar-refractivity contribution in [3.8, 4) is 0 Å². The van der Waals surface area contributed by atoms with Crippen LogP contribution in [0.4, 0.5) is 4.39 Å². The van der Waals surface area contributed by atoms with Crippen LogP contribution in [0.3, 0.4) is 0 Å². The highest BCUT2D eigenvalue weighted by molar-refractivity contribution is 5.92. The highest BCUT2D eigenvalue weighted by Gasteiger charge is 2.62. The number of nitrogens with one attached hydrogen (secondary N) is 2. The van der Waals surface area contributed by atoms with Crippen molar-refractivity contribution in [3.63, 3.8) is 0 Å². The maximum absolute atomic E-state index is 14.6. The fraction of sp³-hybridized carbons (Fsp3) is 0.643. The molecule has 3 fully saturated rings. The average Bonchev–Trinajstić information content (AvgIpc) is 3.43. The Morgan fingerprint density at radius 2 is 2.03 bits per heavy atom. The third kappa shape index (κ3) is 3.28. The molecular formula is C28H36FN5O2. The zero-order chi connectivity index (χ0) is 25.4. The molecule has 6 unspecified atom stereocenters. The number of fused-ring (bicyclic) bond motifs is 6. The van der Waals surface area contributed by atoms with E-state index in [1.54, 1.807) is 24.2 Å². The number of nitrogens with zero attached hydrogens (tertiary/aromatic N) is 3. The number of aromatic nitrogens is 3. The van der Waals surface area contributed by atoms with Crippen LogP contribution < -0.4 is 5.32 Å². The van der Waals surface area contributed by atoms with E-state index in [1.807, 2.05) is 19.1 Å². The quantitative estimate of drug-likeness (QED) is 0.649. The number of hydrogen-bond acceptors (Lipinski definition) is 4. The first-order valence-corrected chi connectivity index (χ1v) is 13.4. The molecule has 2 aromatic rings. The molecule has 4 aliphatic rings. The molecule has 3 heterocycles. The Morgan fingerprint density at radius 1 is 1.22 bits per heavy atom. The second-order valence-electron chi connectivity index (χ2n) is 12.1. The first-order valence-electron chi connectivity index (χ1n) is 13.4. The molecule has 0 aromatic carbocycles. The number of H-pyrrole nitrogens is 1. The third-order valence-electron chi connectivity index (χ3n) is 10.5. The highest BCUT2D eigenvalue weighted by atomic mass is 19.1. The number of pyridine rings is 1. The third-order valence-corrected chi connectivity index (χ3v) is 10.5. The van der Waals surface area contributed by atoms with Gasteiger partial charge in [-0.05, 0) is 86.8 Å². The monoisotopic (exact) mass is 493 g/mol. The fourth-order valence-electron chi connectivity index (χ4n) is 8.71. The summed E-state index contributed by atoms with van der Waals surface area (Å²) < 4.78 is 14.6. The number of carbonyl (C=O) groups excluding carboxylic acids is 2. The molecule has 0 saturated heterocycles. The van der Waals surface area contributed by atoms with Gasteiger partial charge in [0, 0.05) is 30.6 Å². The van der Waals surface area contributed by atoms with E-state index < -0.39 is 11.7 Å². The Hall–Kier alpha value is -2.77. The van der Waals surface area contributed by atoms with Crippen LogP contribution in [0.5, 0.6) is 0 Å². The Kier molecular flexibility index (Phi) is 5.33. The Labute approximate surface area is 211 Å². The first-order chi connectivity index (χ1) is 17.1. The van der Waals surface area contributed by atoms with E-state index in [0.717, 1.165) is 49.9 Å². The van der Waals surface area contributed by atoms with Crippen molar-refractivity contribution < 1.29 is 14.0 Å². The van der Waals surface area contributed by atoms with E-state index in [4.69, 9.17) is 0 Å². The molecule has 2 N–H and O–H groups in total. The number of amides is 2. The van der Waals surface area contributed by atoms with Gasteiger partial charge >= 0.3 is 0 Å². The van der Waals surface area contributed by atoms with E-state index in [1.165, 1.54) is 0 Å². The van der Waals surface area contributed by atoms with Crippen LogP contribution in [0.15, 0.2) is 30.2 Å². The van der Waals surface area contributed by atoms with Gasteiger partial charge in [0.05, 0.1) is 11.6 Å². The van der Waals surface area contributed by atoms with Crippen molar-refractivity contribution in [1.82, 2.24) is 25.2 Å². The SMILES string of the molecule is C[C@H](NC(=O)[C@H]1CCC2C3CCC4N(C)C(=O)C(F)=CC4(C)C3CCC21C)c1nc2ncccc2[nH]1. The van der Waals surface area contributed by atoms with Crippen LogP contribution in [0.2, 0.25) is 0 Å². The fourth-order valence-corrected chi connectivity index (χ4v) is 8.71. The van der Waals surface area contributed by atoms with Gasteiger partial charge < -0.3 is 15.2 Å². The van der Waals surface area contributed by atoms with Gasteiger partial charge in [0.15, 0.2) is 11.5 Å². The number of aromatic amines is 1. The predicted molar refractivity (Wildman–Crippen MR) is 134 cm³/mol. The molecule has 8 heteroatoms. The lowest BCUT2D eigenvalue weighted by Gasteiger charge is -2.60. The largest absolute Gasteiger partial charge is 0.346 e. The topological polar surface area (TPSA) is 91.0 Å². The molecule has 1 aliphatic heterocycles. The highest BCUT2D eigenvalue weighted by Crippen LogP contribution is 2.65. The van der Waals surface area contributed by atoms with E-state index in [0.29, 0.717) is 23.4 Å². The predicted octanol–water partition coefficient (Wildman–Crippen LogP) is 4.69. The number of rotatable bonds is 3. The summed E-state index contributed by atoms with van der Waals surface area (Å²) in [7, 11) is 1.75. The molecule has 3 aliphatic carbocycles. The average molecular weight is 494 g/mol. The normalized spacial score (nSPS) is 38.7. The molecule has 6 rings (SSSR count). The number of imidazole rings is 1. The molecule has 0 radical (unpaired) electrons. The maximum atomic E-state index is 14.6. The van der Waals surface area contributed by atoms with Crippen molar-refractivity contribution in [2.24, 2.45) is 34.5 Å². The van der Waals surface area contributed by atoms with Crippen molar-refractivity contribution in [3.05, 3.63) is 36.1 Å². The summed E-state index contributed by atoms with van der Waals surface area (Å²) in [5.74, 6) is 0.917. The van der Waals surface area contributed by atoms with Crippen LogP contribution in [0.25, 0.3) is 11.2 Å². The summed E-state index contributed by atoms with van der Waals surface area (Å²) in [6.07, 6.45) is 9.11. The summed E-state index contributed by atoms with van der Waals surface area (Å²) in [5.41, 5.74) is 1.11. The Balaban J connectivity index is 1.21. The van der Waals surface area contributed by atoms with Gasteiger partial charge in [-0.3, -0.25) is 9.59 Å². The number of carbonyl (C=O) groups is 2. The molecule has 2 amide bonds. The van der Waals surface area contributed by atoms with Crippen molar-refractivity contribution >= 4 is 23.0 Å². The molecule has 36 heavy (non-hydrogen) atoms. The van der Waals surface area contributed by atoms with E-state index in [-0.39, 0.29) is 34.7 Å². The molecule has 2 aromatic heterocycles. The van der Waals surface area contributed by atoms with E-state index >= 15 is 0 Å². The molecule has 0 spiro atoms. The molecule has 0 bridgehead atoms. The van der Waals surface area contributed by atoms with Gasteiger partial charge in [0.2, 0.25) is 5.91 Å². The van der Waals surface area contributed by atoms with Gasteiger partial charge in [-0.15, -0.1) is 0 Å². The second kappa shape index (κ2) is 8.12. The molecule has 7 nitrogen and oxygen atoms in total. The van der Waals surface area contributed by atoms with Crippen molar-refractivity contribution in [2.75, 3.05) is 7.05 Å². The summed E-state index contributed by atoms with van der Waals surface area (Å²) in [6, 6.07) is 3.62. The minimum absolute atomic E-state index is 0.0400. The van der Waals surface area contributed by atoms with Gasteiger partial charge in [-0.1, -0.05) is 13.8 Å². The lowest BCUT2D eigenvalue weighted by Crippen LogP contribution is -2.60. The number of hydrogen-bond donors (Lipinski definition) is 2. The van der Waals surface area contributed by atoms with Crippen LogP contribution in [-0.4, -0.2) is 44.8 Å². The molecule has 8 atom stereocenters. The molecular weight excluding hydrogens is 457 g/mol. The first kappa shape index (κ1) is 23.6. The minimum atomic E-state index is -0.608. The van der Waals surface area contributed by atoms with Gasteiger partial charge in [-0.25, -0.2) is 14.4 Å². The number of halogens is 1. The van der Waals surface area contributed by atoms with E-state index in [9.17, 15) is 14.0 Å².